The molecular formula is C11H13NaO2. The summed E-state index contributed by atoms with van der Waals surface area (Å²) >= 11 is 0. The fourth-order valence-electron chi connectivity index (χ4n) is 0.611. The Balaban J connectivity index is 0. The van der Waals surface area contributed by atoms with Crippen LogP contribution in [0.5, 0.6) is 0 Å². The molecule has 0 aromatic rings. The minimum atomic E-state index is -1.06. The quantitative estimate of drug-likeness (QED) is 0.395. The van der Waals surface area contributed by atoms with E-state index in [1.54, 1.807) is 12.2 Å². The minimum absolute atomic E-state index is 0. The van der Waals surface area contributed by atoms with Gasteiger partial charge in [0.2, 0.25) is 0 Å². The van der Waals surface area contributed by atoms with Crippen LogP contribution in [-0.4, -0.2) is 5.97 Å². The van der Waals surface area contributed by atoms with Gasteiger partial charge < -0.3 is 9.90 Å². The summed E-state index contributed by atoms with van der Waals surface area (Å²) < 4.78 is 0. The topological polar surface area (TPSA) is 40.1 Å². The van der Waals surface area contributed by atoms with Gasteiger partial charge in [0, 0.05) is 12.4 Å². The van der Waals surface area contributed by atoms with Crippen LogP contribution in [0.2, 0.25) is 0 Å². The molecule has 0 aliphatic carbocycles. The van der Waals surface area contributed by atoms with Crippen LogP contribution in [0.25, 0.3) is 0 Å². The van der Waals surface area contributed by atoms with Crippen LogP contribution in [0.3, 0.4) is 0 Å². The molecule has 0 aromatic carbocycles. The van der Waals surface area contributed by atoms with E-state index in [0.717, 1.165) is 0 Å². The molecule has 0 aliphatic heterocycles. The molecule has 14 heavy (non-hydrogen) atoms. The molecule has 0 spiro atoms. The Morgan fingerprint density at radius 2 is 1.57 bits per heavy atom. The molecule has 70 valence electrons. The first-order valence-corrected chi connectivity index (χ1v) is 4.08. The molecule has 0 heterocycles. The number of carboxylic acids is 1. The smallest absolute Gasteiger partial charge is 0.550 e. The Kier molecular flexibility index (Phi) is 14.1. The molecule has 0 atom stereocenters. The number of carbonyl (C=O) groups excluding carboxylic acids is 1. The zero-order valence-corrected chi connectivity index (χ0v) is 10.6. The van der Waals surface area contributed by atoms with Gasteiger partial charge in [-0.1, -0.05) is 48.6 Å². The minimum Gasteiger partial charge on any atom is -0.550 e. The van der Waals surface area contributed by atoms with Crippen molar-refractivity contribution >= 4 is 5.97 Å². The summed E-state index contributed by atoms with van der Waals surface area (Å²) in [5, 5.41) is 9.96. The average molecular weight is 200 g/mol. The van der Waals surface area contributed by atoms with Crippen LogP contribution in [-0.2, 0) is 4.79 Å². The van der Waals surface area contributed by atoms with Crippen LogP contribution in [0.1, 0.15) is 13.3 Å². The Hall–Kier alpha value is -0.570. The van der Waals surface area contributed by atoms with Crippen molar-refractivity contribution in [2.45, 2.75) is 13.3 Å². The van der Waals surface area contributed by atoms with Gasteiger partial charge in [-0.3, -0.25) is 0 Å². The Morgan fingerprint density at radius 1 is 1.07 bits per heavy atom. The molecule has 0 unspecified atom stereocenters. The third-order valence-electron chi connectivity index (χ3n) is 1.17. The Labute approximate surface area is 107 Å². The number of allylic oxidation sites excluding steroid dienone is 7. The number of rotatable bonds is 5. The van der Waals surface area contributed by atoms with Crippen molar-refractivity contribution in [1.29, 1.82) is 0 Å². The first-order valence-electron chi connectivity index (χ1n) is 4.08. The predicted molar refractivity (Wildman–Crippen MR) is 51.9 cm³/mol. The normalized spacial score (nSPS) is 11.8. The van der Waals surface area contributed by atoms with Crippen molar-refractivity contribution in [1.82, 2.24) is 0 Å². The molecule has 0 bridgehead atoms. The van der Waals surface area contributed by atoms with E-state index in [1.807, 2.05) is 37.3 Å². The van der Waals surface area contributed by atoms with Gasteiger partial charge >= 0.3 is 29.6 Å². The first-order chi connectivity index (χ1) is 6.27. The largest absolute Gasteiger partial charge is 1.00 e. The molecule has 0 amide bonds. The van der Waals surface area contributed by atoms with E-state index in [0.29, 0.717) is 0 Å². The van der Waals surface area contributed by atoms with Crippen LogP contribution in [0.15, 0.2) is 48.6 Å². The third kappa shape index (κ3) is 14.0. The van der Waals surface area contributed by atoms with E-state index in [4.69, 9.17) is 0 Å². The number of hydrogen-bond donors (Lipinski definition) is 0. The van der Waals surface area contributed by atoms with E-state index in [1.165, 1.54) is 6.08 Å². The first kappa shape index (κ1) is 15.9. The average Bonchev–Trinajstić information content (AvgIpc) is 2.09. The molecule has 3 heteroatoms. The molecule has 0 radical (unpaired) electrons. The maximum absolute atomic E-state index is 9.96. The summed E-state index contributed by atoms with van der Waals surface area (Å²) in [6, 6.07) is 0. The van der Waals surface area contributed by atoms with E-state index in [2.05, 4.69) is 0 Å². The molecule has 0 fully saturated rings. The third-order valence-corrected chi connectivity index (χ3v) is 1.17. The van der Waals surface area contributed by atoms with Crippen LogP contribution in [0.4, 0.5) is 0 Å². The van der Waals surface area contributed by atoms with Crippen molar-refractivity contribution < 1.29 is 39.5 Å². The second kappa shape index (κ2) is 12.4. The number of carbonyl (C=O) groups is 1. The SMILES string of the molecule is CC=CC=CC=CC=CCC(=O)[O-].[Na+]. The van der Waals surface area contributed by atoms with Gasteiger partial charge in [0.05, 0.1) is 0 Å². The summed E-state index contributed by atoms with van der Waals surface area (Å²) in [4.78, 5) is 9.96. The van der Waals surface area contributed by atoms with Crippen molar-refractivity contribution in [3.63, 3.8) is 0 Å². The second-order valence-electron chi connectivity index (χ2n) is 2.30. The van der Waals surface area contributed by atoms with Crippen LogP contribution < -0.4 is 34.7 Å². The molecule has 2 nitrogen and oxygen atoms in total. The summed E-state index contributed by atoms with van der Waals surface area (Å²) in [6.07, 6.45) is 14.4. The molecule has 0 rings (SSSR count). The maximum atomic E-state index is 9.96. The zero-order chi connectivity index (χ0) is 9.94. The summed E-state index contributed by atoms with van der Waals surface area (Å²) in [7, 11) is 0. The maximum Gasteiger partial charge on any atom is 1.00 e. The molecule has 0 saturated carbocycles. The van der Waals surface area contributed by atoms with Crippen LogP contribution in [0, 0.1) is 0 Å². The number of aliphatic carboxylic acids is 1. The molecule has 0 aromatic heterocycles. The van der Waals surface area contributed by atoms with E-state index < -0.39 is 5.97 Å². The fraction of sp³-hybridized carbons (Fsp3) is 0.182. The van der Waals surface area contributed by atoms with Crippen molar-refractivity contribution in [3.8, 4) is 0 Å². The summed E-state index contributed by atoms with van der Waals surface area (Å²) in [6.45, 7) is 1.94. The van der Waals surface area contributed by atoms with Crippen molar-refractivity contribution in [2.75, 3.05) is 0 Å². The molecular weight excluding hydrogens is 187 g/mol. The van der Waals surface area contributed by atoms with E-state index >= 15 is 0 Å². The monoisotopic (exact) mass is 200 g/mol. The molecule has 0 aliphatic rings. The zero-order valence-electron chi connectivity index (χ0n) is 8.64. The van der Waals surface area contributed by atoms with Gasteiger partial charge in [-0.25, -0.2) is 0 Å². The number of carboxylic acid groups (broad SMARTS) is 1. The van der Waals surface area contributed by atoms with Gasteiger partial charge in [-0.15, -0.1) is 0 Å². The van der Waals surface area contributed by atoms with Gasteiger partial charge in [-0.2, -0.15) is 0 Å². The predicted octanol–water partition coefficient (Wildman–Crippen LogP) is -1.62. The van der Waals surface area contributed by atoms with Crippen molar-refractivity contribution in [3.05, 3.63) is 48.6 Å². The Morgan fingerprint density at radius 3 is 2.07 bits per heavy atom. The van der Waals surface area contributed by atoms with E-state index in [-0.39, 0.29) is 36.0 Å². The summed E-state index contributed by atoms with van der Waals surface area (Å²) in [5.74, 6) is -1.06. The molecule has 0 N–H and O–H groups in total. The molecule has 0 saturated heterocycles. The standard InChI is InChI=1S/C11H14O2.Na/c1-2-3-4-5-6-7-8-9-10-11(12)13;/h2-9H,10H2,1H3,(H,12,13);/q;+1/p-1. The fourth-order valence-corrected chi connectivity index (χ4v) is 0.611. The Bertz CT molecular complexity index is 250. The van der Waals surface area contributed by atoms with Gasteiger partial charge in [-0.05, 0) is 6.92 Å². The van der Waals surface area contributed by atoms with Gasteiger partial charge in [0.15, 0.2) is 0 Å². The van der Waals surface area contributed by atoms with E-state index in [9.17, 15) is 9.90 Å². The van der Waals surface area contributed by atoms with Gasteiger partial charge in [0.25, 0.3) is 0 Å². The van der Waals surface area contributed by atoms with Crippen LogP contribution >= 0.6 is 0 Å². The van der Waals surface area contributed by atoms with Crippen molar-refractivity contribution in [2.24, 2.45) is 0 Å². The number of hydrogen-bond acceptors (Lipinski definition) is 2. The van der Waals surface area contributed by atoms with Gasteiger partial charge in [0.1, 0.15) is 0 Å². The second-order valence-corrected chi connectivity index (χ2v) is 2.30. The summed E-state index contributed by atoms with van der Waals surface area (Å²) in [5.41, 5.74) is 0.